The normalized spacial score (nSPS) is 12.5. The van der Waals surface area contributed by atoms with Gasteiger partial charge in [-0.25, -0.2) is 13.1 Å². The van der Waals surface area contributed by atoms with Crippen molar-refractivity contribution < 1.29 is 32.2 Å². The molecule has 4 aromatic rings. The van der Waals surface area contributed by atoms with Crippen LogP contribution in [0.2, 0.25) is 0 Å². The molecule has 0 unspecified atom stereocenters. The van der Waals surface area contributed by atoms with Crippen molar-refractivity contribution in [3.63, 3.8) is 0 Å². The second kappa shape index (κ2) is 13.6. The fourth-order valence-corrected chi connectivity index (χ4v) is 5.28. The van der Waals surface area contributed by atoms with Crippen LogP contribution in [0.15, 0.2) is 108 Å². The van der Waals surface area contributed by atoms with Crippen LogP contribution >= 0.6 is 0 Å². The summed E-state index contributed by atoms with van der Waals surface area (Å²) in [5.41, 5.74) is 13.2. The smallest absolute Gasteiger partial charge is 1.00 e. The first-order valence-electron chi connectivity index (χ1n) is 11.6. The molecule has 6 heteroatoms. The topological polar surface area (TPSA) is 72.2 Å². The minimum atomic E-state index is -3.71. The van der Waals surface area contributed by atoms with Crippen LogP contribution in [-0.4, -0.2) is 8.42 Å². The van der Waals surface area contributed by atoms with Gasteiger partial charge in [-0.3, -0.25) is 0 Å². The predicted molar refractivity (Wildman–Crippen MR) is 148 cm³/mol. The minimum Gasteiger partial charge on any atom is -1.00 e. The molecule has 0 spiro atoms. The van der Waals surface area contributed by atoms with Crippen molar-refractivity contribution in [2.75, 3.05) is 0 Å². The van der Waals surface area contributed by atoms with Crippen molar-refractivity contribution in [3.05, 3.63) is 137 Å². The van der Waals surface area contributed by atoms with Crippen molar-refractivity contribution in [2.24, 2.45) is 5.73 Å². The Balaban J connectivity index is 0. The second-order valence-electron chi connectivity index (χ2n) is 8.92. The zero-order valence-corrected chi connectivity index (χ0v) is 23.7. The molecule has 0 saturated carbocycles. The molecule has 0 aromatic heterocycles. The van der Waals surface area contributed by atoms with Gasteiger partial charge in [0.05, 0.1) is 17.0 Å². The number of sulfonamides is 1. The largest absolute Gasteiger partial charge is 3.00 e. The van der Waals surface area contributed by atoms with E-state index in [0.29, 0.717) is 0 Å². The number of nitrogens with two attached hydrogens (primary N) is 1. The predicted octanol–water partition coefficient (Wildman–Crippen LogP) is 6.66. The zero-order chi connectivity index (χ0) is 25.4. The third-order valence-electron chi connectivity index (χ3n) is 5.68. The van der Waals surface area contributed by atoms with Crippen molar-refractivity contribution in [2.45, 2.75) is 44.7 Å². The van der Waals surface area contributed by atoms with Gasteiger partial charge in [0.2, 0.25) is 10.0 Å². The second-order valence-corrected chi connectivity index (χ2v) is 10.6. The maximum Gasteiger partial charge on any atom is 3.00 e. The quantitative estimate of drug-likeness (QED) is 0.247. The molecule has 0 aliphatic rings. The summed E-state index contributed by atoms with van der Waals surface area (Å²) in [6, 6.07) is 31.1. The summed E-state index contributed by atoms with van der Waals surface area (Å²) in [6.07, 6.45) is 0. The van der Waals surface area contributed by atoms with Gasteiger partial charge in [0, 0.05) is 0 Å². The molecule has 4 rings (SSSR count). The molecular weight excluding hydrogens is 553 g/mol. The van der Waals surface area contributed by atoms with E-state index >= 15 is 0 Å². The molecule has 0 aliphatic heterocycles. The van der Waals surface area contributed by atoms with Gasteiger partial charge in [-0.2, -0.15) is 0 Å². The van der Waals surface area contributed by atoms with Gasteiger partial charge < -0.3 is 10.0 Å². The summed E-state index contributed by atoms with van der Waals surface area (Å²) in [4.78, 5) is 0.226. The van der Waals surface area contributed by atoms with Gasteiger partial charge in [0.15, 0.2) is 0 Å². The molecular formula is C30H37N2O2RuS. The monoisotopic (exact) mass is 591 g/mol. The van der Waals surface area contributed by atoms with Crippen LogP contribution in [0, 0.1) is 27.7 Å². The first kappa shape index (κ1) is 29.6. The summed E-state index contributed by atoms with van der Waals surface area (Å²) in [6.45, 7) is 8.29. The van der Waals surface area contributed by atoms with E-state index in [-0.39, 0.29) is 28.7 Å². The van der Waals surface area contributed by atoms with E-state index < -0.39 is 22.1 Å². The van der Waals surface area contributed by atoms with E-state index in [1.54, 1.807) is 24.3 Å². The van der Waals surface area contributed by atoms with Crippen LogP contribution in [0.5, 0.6) is 0 Å². The molecule has 4 aromatic carbocycles. The molecule has 0 bridgehead atoms. The molecule has 193 valence electrons. The third-order valence-corrected chi connectivity index (χ3v) is 7.14. The molecule has 0 amide bonds. The maximum absolute atomic E-state index is 12.9. The molecule has 3 N–H and O–H groups in total. The van der Waals surface area contributed by atoms with Crippen LogP contribution in [0.3, 0.4) is 0 Å². The van der Waals surface area contributed by atoms with E-state index in [1.807, 2.05) is 67.6 Å². The van der Waals surface area contributed by atoms with Crippen molar-refractivity contribution in [1.82, 2.24) is 4.72 Å². The van der Waals surface area contributed by atoms with Gasteiger partial charge in [-0.1, -0.05) is 113 Å². The molecule has 0 heterocycles. The minimum absolute atomic E-state index is 0. The van der Waals surface area contributed by atoms with Gasteiger partial charge in [0.25, 0.3) is 0 Å². The Morgan fingerprint density at radius 2 is 1.06 bits per heavy atom. The Morgan fingerprint density at radius 3 is 1.50 bits per heavy atom. The standard InChI is InChI=1S/C21H22N2O2S.C9H12.Ru.3H/c1-16-12-14-19(15-13-16)26(24,25)23-21(18-10-6-3-7-11-18)20(22)17-8-4-2-5-9-17;1-7-4-8(2)6-9(3)5-7;;;;/h2-15,20-21,23H,22H2,1H3;4-6H,1-3H3;;;;/q;;+3;3*-1/t20-,21-;;;;;/m0...../s1. The number of aryl methyl sites for hydroxylation is 4. The van der Waals surface area contributed by atoms with Gasteiger partial charge in [-0.05, 0) is 51.0 Å². The molecule has 0 fully saturated rings. The summed E-state index contributed by atoms with van der Waals surface area (Å²) < 4.78 is 28.6. The number of hydrogen-bond donors (Lipinski definition) is 2. The Bertz CT molecular complexity index is 1290. The number of nitrogens with one attached hydrogen (secondary N) is 1. The summed E-state index contributed by atoms with van der Waals surface area (Å²) >= 11 is 0. The van der Waals surface area contributed by atoms with Crippen LogP contribution in [-0.2, 0) is 29.5 Å². The van der Waals surface area contributed by atoms with Crippen LogP contribution in [0.1, 0.15) is 49.7 Å². The fraction of sp³-hybridized carbons (Fsp3) is 0.200. The summed E-state index contributed by atoms with van der Waals surface area (Å²) in [5, 5.41) is 0. The van der Waals surface area contributed by atoms with Crippen molar-refractivity contribution >= 4 is 10.0 Å². The zero-order valence-electron chi connectivity index (χ0n) is 24.1. The van der Waals surface area contributed by atoms with Crippen LogP contribution in [0.4, 0.5) is 0 Å². The van der Waals surface area contributed by atoms with Crippen LogP contribution < -0.4 is 10.5 Å². The molecule has 1 radical (unpaired) electrons. The molecule has 0 aliphatic carbocycles. The Hall–Kier alpha value is -2.63. The van der Waals surface area contributed by atoms with Gasteiger partial charge >= 0.3 is 19.5 Å². The number of benzene rings is 4. The summed E-state index contributed by atoms with van der Waals surface area (Å²) in [7, 11) is -3.71. The van der Waals surface area contributed by atoms with Crippen molar-refractivity contribution in [1.29, 1.82) is 0 Å². The third kappa shape index (κ3) is 8.49. The van der Waals surface area contributed by atoms with E-state index in [2.05, 4.69) is 43.7 Å². The van der Waals surface area contributed by atoms with E-state index in [4.69, 9.17) is 5.73 Å². The van der Waals surface area contributed by atoms with E-state index in [1.165, 1.54) is 16.7 Å². The van der Waals surface area contributed by atoms with E-state index in [9.17, 15) is 8.42 Å². The Labute approximate surface area is 233 Å². The number of hydrogen-bond acceptors (Lipinski definition) is 3. The average molecular weight is 591 g/mol. The Morgan fingerprint density at radius 1 is 0.639 bits per heavy atom. The maximum atomic E-state index is 12.9. The molecule has 2 atom stereocenters. The first-order valence-corrected chi connectivity index (χ1v) is 13.1. The first-order chi connectivity index (χ1) is 16.7. The Kier molecular flexibility index (Phi) is 11.2. The summed E-state index contributed by atoms with van der Waals surface area (Å²) in [5.74, 6) is 0. The fourth-order valence-electron chi connectivity index (χ4n) is 4.03. The van der Waals surface area contributed by atoms with Gasteiger partial charge in [0.1, 0.15) is 0 Å². The average Bonchev–Trinajstić information content (AvgIpc) is 2.83. The molecule has 4 nitrogen and oxygen atoms in total. The molecule has 0 saturated heterocycles. The van der Waals surface area contributed by atoms with Gasteiger partial charge in [-0.15, -0.1) is 0 Å². The van der Waals surface area contributed by atoms with Crippen molar-refractivity contribution in [3.8, 4) is 0 Å². The number of rotatable bonds is 6. The molecule has 36 heavy (non-hydrogen) atoms. The van der Waals surface area contributed by atoms with E-state index in [0.717, 1.165) is 16.7 Å². The van der Waals surface area contributed by atoms with Crippen LogP contribution in [0.25, 0.3) is 0 Å². The SMILES string of the molecule is Cc1cc(C)cc(C)c1.Cc1ccc(S(=O)(=O)N[C@@H](c2ccccc2)[C@@H](N)c2ccccc2)cc1.[H-].[H-].[H-].[Ru+3].